The number of nitrogens with zero attached hydrogens (tertiary/aromatic N) is 2. The number of nitrogens with one attached hydrogen (secondary N) is 1. The summed E-state index contributed by atoms with van der Waals surface area (Å²) >= 11 is 5.06. The fourth-order valence-corrected chi connectivity index (χ4v) is 3.01. The number of rotatable bonds is 6. The first-order valence-electron chi connectivity index (χ1n) is 4.95. The van der Waals surface area contributed by atoms with E-state index in [0.717, 1.165) is 22.7 Å². The minimum absolute atomic E-state index is 0.147. The molecule has 1 rings (SSSR count). The van der Waals surface area contributed by atoms with Gasteiger partial charge in [-0.05, 0) is 18.8 Å². The Morgan fingerprint density at radius 3 is 2.87 bits per heavy atom. The number of aromatic nitrogens is 3. The molecular weight excluding hydrogens is 278 g/mol. The second-order valence-corrected chi connectivity index (χ2v) is 5.45. The summed E-state index contributed by atoms with van der Waals surface area (Å²) in [5.74, 6) is 1.72. The third-order valence-corrected chi connectivity index (χ3v) is 3.80. The third kappa shape index (κ3) is 4.03. The van der Waals surface area contributed by atoms with Crippen LogP contribution < -0.4 is 5.69 Å². The first-order chi connectivity index (χ1) is 7.15. The van der Waals surface area contributed by atoms with Crippen LogP contribution in [0.5, 0.6) is 0 Å². The first-order valence-corrected chi connectivity index (χ1v) is 7.06. The van der Waals surface area contributed by atoms with E-state index in [2.05, 4.69) is 33.1 Å². The van der Waals surface area contributed by atoms with Crippen LogP contribution in [0.3, 0.4) is 0 Å². The molecule has 15 heavy (non-hydrogen) atoms. The minimum atomic E-state index is -0.147. The van der Waals surface area contributed by atoms with Crippen LogP contribution in [-0.4, -0.2) is 25.8 Å². The predicted octanol–water partition coefficient (Wildman–Crippen LogP) is 2.01. The van der Waals surface area contributed by atoms with Crippen molar-refractivity contribution in [2.45, 2.75) is 24.9 Å². The highest BCUT2D eigenvalue weighted by Crippen LogP contribution is 2.18. The van der Waals surface area contributed by atoms with Crippen LogP contribution in [0.25, 0.3) is 0 Å². The van der Waals surface area contributed by atoms with Crippen LogP contribution in [0.2, 0.25) is 0 Å². The van der Waals surface area contributed by atoms with E-state index in [-0.39, 0.29) is 5.69 Å². The molecule has 0 amide bonds. The average molecular weight is 294 g/mol. The smallest absolute Gasteiger partial charge is 0.273 e. The summed E-state index contributed by atoms with van der Waals surface area (Å²) in [6, 6.07) is 0. The molecule has 1 N–H and O–H groups in total. The van der Waals surface area contributed by atoms with Crippen molar-refractivity contribution in [1.29, 1.82) is 0 Å². The summed E-state index contributed by atoms with van der Waals surface area (Å²) in [5.41, 5.74) is -0.147. The Morgan fingerprint density at radius 2 is 2.33 bits per heavy atom. The molecule has 86 valence electrons. The molecular formula is C9H16BrN3OS. The van der Waals surface area contributed by atoms with Gasteiger partial charge in [0.2, 0.25) is 0 Å². The van der Waals surface area contributed by atoms with Crippen molar-refractivity contribution in [2.24, 2.45) is 13.0 Å². The number of H-pyrrole nitrogens is 1. The van der Waals surface area contributed by atoms with Gasteiger partial charge in [0.15, 0.2) is 5.16 Å². The standard InChI is InChI=1S/C9H16BrN3OS/c1-7(3-5-10)4-6-15-9-12-11-8(14)13(9)2/h7H,3-6H2,1-2H3,(H,11,14). The van der Waals surface area contributed by atoms with Gasteiger partial charge < -0.3 is 0 Å². The van der Waals surface area contributed by atoms with Gasteiger partial charge in [-0.2, -0.15) is 0 Å². The lowest BCUT2D eigenvalue weighted by molar-refractivity contribution is 0.554. The topological polar surface area (TPSA) is 50.7 Å². The van der Waals surface area contributed by atoms with E-state index in [0.29, 0.717) is 5.92 Å². The first kappa shape index (κ1) is 12.8. The molecule has 0 fully saturated rings. The Kier molecular flexibility index (Phi) is 5.45. The number of hydrogen-bond donors (Lipinski definition) is 1. The lowest BCUT2D eigenvalue weighted by Crippen LogP contribution is -2.13. The highest BCUT2D eigenvalue weighted by Gasteiger charge is 2.06. The molecule has 0 radical (unpaired) electrons. The van der Waals surface area contributed by atoms with Crippen LogP contribution in [0.1, 0.15) is 19.8 Å². The van der Waals surface area contributed by atoms with Crippen LogP contribution in [0.15, 0.2) is 9.95 Å². The van der Waals surface area contributed by atoms with Crippen molar-refractivity contribution in [3.05, 3.63) is 10.5 Å². The number of alkyl halides is 1. The van der Waals surface area contributed by atoms with E-state index < -0.39 is 0 Å². The van der Waals surface area contributed by atoms with Gasteiger partial charge in [-0.25, -0.2) is 9.89 Å². The van der Waals surface area contributed by atoms with Crippen molar-refractivity contribution < 1.29 is 0 Å². The van der Waals surface area contributed by atoms with Gasteiger partial charge in [0.25, 0.3) is 0 Å². The van der Waals surface area contributed by atoms with Crippen molar-refractivity contribution in [2.75, 3.05) is 11.1 Å². The fourth-order valence-electron chi connectivity index (χ4n) is 1.14. The van der Waals surface area contributed by atoms with Crippen LogP contribution in [0, 0.1) is 5.92 Å². The quantitative estimate of drug-likeness (QED) is 0.645. The number of halogens is 1. The third-order valence-electron chi connectivity index (χ3n) is 2.28. The second kappa shape index (κ2) is 6.37. The number of thioether (sulfide) groups is 1. The van der Waals surface area contributed by atoms with Gasteiger partial charge in [0, 0.05) is 18.1 Å². The van der Waals surface area contributed by atoms with E-state index in [1.165, 1.54) is 6.42 Å². The zero-order chi connectivity index (χ0) is 11.3. The summed E-state index contributed by atoms with van der Waals surface area (Å²) in [4.78, 5) is 11.1. The molecule has 1 aromatic rings. The van der Waals surface area contributed by atoms with Gasteiger partial charge in [0.1, 0.15) is 0 Å². The van der Waals surface area contributed by atoms with E-state index >= 15 is 0 Å². The van der Waals surface area contributed by atoms with Crippen molar-refractivity contribution in [1.82, 2.24) is 14.8 Å². The molecule has 0 saturated heterocycles. The lowest BCUT2D eigenvalue weighted by atomic mass is 10.1. The van der Waals surface area contributed by atoms with E-state index in [1.807, 2.05) is 0 Å². The molecule has 0 saturated carbocycles. The zero-order valence-corrected chi connectivity index (χ0v) is 11.4. The Morgan fingerprint density at radius 1 is 1.60 bits per heavy atom. The van der Waals surface area contributed by atoms with Crippen LogP contribution in [-0.2, 0) is 7.05 Å². The second-order valence-electron chi connectivity index (χ2n) is 3.59. The Bertz CT molecular complexity index is 349. The van der Waals surface area contributed by atoms with Crippen molar-refractivity contribution in [3.63, 3.8) is 0 Å². The SMILES string of the molecule is CC(CCBr)CCSc1n[nH]c(=O)n1C. The highest BCUT2D eigenvalue weighted by molar-refractivity contribution is 9.09. The fraction of sp³-hybridized carbons (Fsp3) is 0.778. The van der Waals surface area contributed by atoms with Gasteiger partial charge in [-0.3, -0.25) is 4.57 Å². The molecule has 1 atom stereocenters. The maximum atomic E-state index is 11.1. The summed E-state index contributed by atoms with van der Waals surface area (Å²) in [5, 5.41) is 8.19. The highest BCUT2D eigenvalue weighted by atomic mass is 79.9. The van der Waals surface area contributed by atoms with Gasteiger partial charge in [-0.15, -0.1) is 5.10 Å². The maximum Gasteiger partial charge on any atom is 0.343 e. The maximum absolute atomic E-state index is 11.1. The summed E-state index contributed by atoms with van der Waals surface area (Å²) in [6.07, 6.45) is 2.34. The van der Waals surface area contributed by atoms with E-state index in [9.17, 15) is 4.79 Å². The largest absolute Gasteiger partial charge is 0.343 e. The Labute approximate surface area is 102 Å². The zero-order valence-electron chi connectivity index (χ0n) is 8.99. The van der Waals surface area contributed by atoms with Crippen LogP contribution >= 0.6 is 27.7 Å². The lowest BCUT2D eigenvalue weighted by Gasteiger charge is -2.07. The molecule has 1 aromatic heterocycles. The van der Waals surface area contributed by atoms with E-state index in [1.54, 1.807) is 23.4 Å². The molecule has 6 heteroatoms. The van der Waals surface area contributed by atoms with Gasteiger partial charge in [-0.1, -0.05) is 34.6 Å². The van der Waals surface area contributed by atoms with Gasteiger partial charge >= 0.3 is 5.69 Å². The summed E-state index contributed by atoms with van der Waals surface area (Å²) in [6.45, 7) is 2.24. The molecule has 1 unspecified atom stereocenters. The monoisotopic (exact) mass is 293 g/mol. The minimum Gasteiger partial charge on any atom is -0.273 e. The molecule has 0 aromatic carbocycles. The normalized spacial score (nSPS) is 13.0. The summed E-state index contributed by atoms with van der Waals surface area (Å²) in [7, 11) is 1.73. The number of aromatic amines is 1. The molecule has 0 aliphatic rings. The van der Waals surface area contributed by atoms with Crippen molar-refractivity contribution in [3.8, 4) is 0 Å². The summed E-state index contributed by atoms with van der Waals surface area (Å²) < 4.78 is 1.54. The van der Waals surface area contributed by atoms with Gasteiger partial charge in [0.05, 0.1) is 0 Å². The molecule has 4 nitrogen and oxygen atoms in total. The Hall–Kier alpha value is -0.230. The Balaban J connectivity index is 2.32. The predicted molar refractivity (Wildman–Crippen MR) is 66.7 cm³/mol. The molecule has 0 bridgehead atoms. The van der Waals surface area contributed by atoms with Crippen LogP contribution in [0.4, 0.5) is 0 Å². The molecule has 1 heterocycles. The van der Waals surface area contributed by atoms with E-state index in [4.69, 9.17) is 0 Å². The molecule has 0 aliphatic carbocycles. The van der Waals surface area contributed by atoms with Crippen molar-refractivity contribution >= 4 is 27.7 Å². The molecule has 0 spiro atoms. The number of hydrogen-bond acceptors (Lipinski definition) is 3. The average Bonchev–Trinajstić information content (AvgIpc) is 2.50. The molecule has 0 aliphatic heterocycles.